The normalized spacial score (nSPS) is 10.0. The molecule has 4 nitrogen and oxygen atoms in total. The molecule has 0 aromatic heterocycles. The molecule has 0 bridgehead atoms. The quantitative estimate of drug-likeness (QED) is 0.891. The number of benzene rings is 2. The number of hydrogen-bond acceptors (Lipinski definition) is 3. The highest BCUT2D eigenvalue weighted by Crippen LogP contribution is 2.21. The number of rotatable bonds is 5. The zero-order valence-electron chi connectivity index (χ0n) is 11.9. The van der Waals surface area contributed by atoms with Gasteiger partial charge in [-0.1, -0.05) is 23.7 Å². The number of halogens is 1. The standard InChI is InChI=1S/C16H17ClN2O2/c1-18-16(20)14-9-12(6-7-15(14)17)19-10-11-4-3-5-13(8-11)21-2/h3-9,19H,10H2,1-2H3,(H,18,20). The maximum absolute atomic E-state index is 11.7. The number of ether oxygens (including phenoxy) is 1. The van der Waals surface area contributed by atoms with Crippen LogP contribution in [0.4, 0.5) is 5.69 Å². The number of hydrogen-bond donors (Lipinski definition) is 2. The fourth-order valence-electron chi connectivity index (χ4n) is 1.93. The lowest BCUT2D eigenvalue weighted by atomic mass is 10.1. The number of amides is 1. The van der Waals surface area contributed by atoms with Crippen LogP contribution in [0, 0.1) is 0 Å². The Kier molecular flexibility index (Phi) is 5.06. The minimum Gasteiger partial charge on any atom is -0.497 e. The van der Waals surface area contributed by atoms with Gasteiger partial charge in [0, 0.05) is 19.3 Å². The lowest BCUT2D eigenvalue weighted by Gasteiger charge is -2.10. The fraction of sp³-hybridized carbons (Fsp3) is 0.188. The van der Waals surface area contributed by atoms with Gasteiger partial charge in [-0.3, -0.25) is 4.79 Å². The van der Waals surface area contributed by atoms with Gasteiger partial charge in [0.2, 0.25) is 0 Å². The summed E-state index contributed by atoms with van der Waals surface area (Å²) in [4.78, 5) is 11.7. The molecule has 2 aromatic rings. The molecule has 0 aliphatic heterocycles. The molecule has 0 saturated carbocycles. The first-order chi connectivity index (χ1) is 10.1. The smallest absolute Gasteiger partial charge is 0.252 e. The molecule has 0 spiro atoms. The number of anilines is 1. The molecule has 0 atom stereocenters. The summed E-state index contributed by atoms with van der Waals surface area (Å²) < 4.78 is 5.19. The molecule has 2 rings (SSSR count). The van der Waals surface area contributed by atoms with Crippen LogP contribution in [-0.2, 0) is 6.54 Å². The molecular weight excluding hydrogens is 288 g/mol. The summed E-state index contributed by atoms with van der Waals surface area (Å²) in [7, 11) is 3.22. The molecular formula is C16H17ClN2O2. The lowest BCUT2D eigenvalue weighted by molar-refractivity contribution is 0.0963. The SMILES string of the molecule is CNC(=O)c1cc(NCc2cccc(OC)c2)ccc1Cl. The summed E-state index contributed by atoms with van der Waals surface area (Å²) in [5.41, 5.74) is 2.38. The van der Waals surface area contributed by atoms with Gasteiger partial charge in [0.05, 0.1) is 17.7 Å². The number of carbonyl (C=O) groups excluding carboxylic acids is 1. The summed E-state index contributed by atoms with van der Waals surface area (Å²) in [5, 5.41) is 6.27. The third-order valence-electron chi connectivity index (χ3n) is 3.07. The van der Waals surface area contributed by atoms with E-state index >= 15 is 0 Å². The van der Waals surface area contributed by atoms with Gasteiger partial charge in [0.15, 0.2) is 0 Å². The van der Waals surface area contributed by atoms with Gasteiger partial charge in [-0.2, -0.15) is 0 Å². The Hall–Kier alpha value is -2.20. The predicted octanol–water partition coefficient (Wildman–Crippen LogP) is 3.32. The minimum atomic E-state index is -0.204. The van der Waals surface area contributed by atoms with Crippen molar-refractivity contribution in [2.45, 2.75) is 6.54 Å². The van der Waals surface area contributed by atoms with Crippen molar-refractivity contribution in [2.24, 2.45) is 0 Å². The van der Waals surface area contributed by atoms with E-state index in [0.29, 0.717) is 17.1 Å². The van der Waals surface area contributed by atoms with Crippen molar-refractivity contribution < 1.29 is 9.53 Å². The lowest BCUT2D eigenvalue weighted by Crippen LogP contribution is -2.18. The van der Waals surface area contributed by atoms with E-state index in [-0.39, 0.29) is 5.91 Å². The zero-order valence-corrected chi connectivity index (χ0v) is 12.7. The van der Waals surface area contributed by atoms with Crippen LogP contribution >= 0.6 is 11.6 Å². The van der Waals surface area contributed by atoms with Gasteiger partial charge < -0.3 is 15.4 Å². The maximum atomic E-state index is 11.7. The van der Waals surface area contributed by atoms with Crippen molar-refractivity contribution in [3.05, 3.63) is 58.6 Å². The van der Waals surface area contributed by atoms with Crippen LogP contribution in [-0.4, -0.2) is 20.1 Å². The van der Waals surface area contributed by atoms with Crippen molar-refractivity contribution >= 4 is 23.2 Å². The first-order valence-corrected chi connectivity index (χ1v) is 6.90. The monoisotopic (exact) mass is 304 g/mol. The van der Waals surface area contributed by atoms with E-state index in [1.807, 2.05) is 30.3 Å². The second-order valence-electron chi connectivity index (χ2n) is 4.48. The van der Waals surface area contributed by atoms with Crippen LogP contribution in [0.25, 0.3) is 0 Å². The maximum Gasteiger partial charge on any atom is 0.252 e. The molecule has 0 fully saturated rings. The minimum absolute atomic E-state index is 0.204. The summed E-state index contributed by atoms with van der Waals surface area (Å²) in [6, 6.07) is 13.1. The third kappa shape index (κ3) is 3.89. The number of methoxy groups -OCH3 is 1. The van der Waals surface area contributed by atoms with Crippen LogP contribution in [0.1, 0.15) is 15.9 Å². The van der Waals surface area contributed by atoms with Gasteiger partial charge in [-0.05, 0) is 35.9 Å². The Labute approximate surface area is 129 Å². The molecule has 2 N–H and O–H groups in total. The average Bonchev–Trinajstić information content (AvgIpc) is 2.53. The first-order valence-electron chi connectivity index (χ1n) is 6.52. The Morgan fingerprint density at radius 2 is 2.05 bits per heavy atom. The third-order valence-corrected chi connectivity index (χ3v) is 3.40. The zero-order chi connectivity index (χ0) is 15.2. The molecule has 0 saturated heterocycles. The number of carbonyl (C=O) groups is 1. The summed E-state index contributed by atoms with van der Waals surface area (Å²) in [5.74, 6) is 0.612. The highest BCUT2D eigenvalue weighted by Gasteiger charge is 2.09. The van der Waals surface area contributed by atoms with Gasteiger partial charge in [0.1, 0.15) is 5.75 Å². The van der Waals surface area contributed by atoms with E-state index in [1.54, 1.807) is 26.3 Å². The van der Waals surface area contributed by atoms with Crippen LogP contribution in [0.3, 0.4) is 0 Å². The Morgan fingerprint density at radius 1 is 1.24 bits per heavy atom. The Bertz CT molecular complexity index is 644. The predicted molar refractivity (Wildman–Crippen MR) is 85.2 cm³/mol. The molecule has 110 valence electrons. The van der Waals surface area contributed by atoms with Crippen molar-refractivity contribution in [3.8, 4) is 5.75 Å². The van der Waals surface area contributed by atoms with Gasteiger partial charge in [-0.25, -0.2) is 0 Å². The molecule has 0 radical (unpaired) electrons. The molecule has 5 heteroatoms. The molecule has 0 unspecified atom stereocenters. The molecule has 0 aliphatic carbocycles. The largest absolute Gasteiger partial charge is 0.497 e. The van der Waals surface area contributed by atoms with Crippen molar-refractivity contribution in [1.82, 2.24) is 5.32 Å². The first kappa shape index (κ1) is 15.2. The van der Waals surface area contributed by atoms with Crippen LogP contribution in [0.5, 0.6) is 5.75 Å². The van der Waals surface area contributed by atoms with E-state index < -0.39 is 0 Å². The van der Waals surface area contributed by atoms with Crippen LogP contribution in [0.2, 0.25) is 5.02 Å². The highest BCUT2D eigenvalue weighted by molar-refractivity contribution is 6.34. The van der Waals surface area contributed by atoms with Gasteiger partial charge in [0.25, 0.3) is 5.91 Å². The Balaban J connectivity index is 2.11. The summed E-state index contributed by atoms with van der Waals surface area (Å²) in [6.07, 6.45) is 0. The van der Waals surface area contributed by atoms with Crippen molar-refractivity contribution in [1.29, 1.82) is 0 Å². The molecule has 0 aliphatic rings. The molecule has 0 heterocycles. The highest BCUT2D eigenvalue weighted by atomic mass is 35.5. The average molecular weight is 305 g/mol. The van der Waals surface area contributed by atoms with Crippen LogP contribution in [0.15, 0.2) is 42.5 Å². The van der Waals surface area contributed by atoms with E-state index in [2.05, 4.69) is 10.6 Å². The van der Waals surface area contributed by atoms with Crippen molar-refractivity contribution in [3.63, 3.8) is 0 Å². The molecule has 1 amide bonds. The van der Waals surface area contributed by atoms with Gasteiger partial charge in [-0.15, -0.1) is 0 Å². The molecule has 21 heavy (non-hydrogen) atoms. The van der Waals surface area contributed by atoms with E-state index in [0.717, 1.165) is 17.0 Å². The van der Waals surface area contributed by atoms with Gasteiger partial charge >= 0.3 is 0 Å². The summed E-state index contributed by atoms with van der Waals surface area (Å²) >= 11 is 6.02. The van der Waals surface area contributed by atoms with Crippen LogP contribution < -0.4 is 15.4 Å². The summed E-state index contributed by atoms with van der Waals surface area (Å²) in [6.45, 7) is 0.631. The van der Waals surface area contributed by atoms with E-state index in [4.69, 9.17) is 16.3 Å². The molecule has 2 aromatic carbocycles. The second kappa shape index (κ2) is 6.99. The van der Waals surface area contributed by atoms with Crippen molar-refractivity contribution in [2.75, 3.05) is 19.5 Å². The second-order valence-corrected chi connectivity index (χ2v) is 4.89. The van der Waals surface area contributed by atoms with E-state index in [1.165, 1.54) is 0 Å². The topological polar surface area (TPSA) is 50.4 Å². The number of nitrogens with one attached hydrogen (secondary N) is 2. The Morgan fingerprint density at radius 3 is 2.76 bits per heavy atom. The van der Waals surface area contributed by atoms with E-state index in [9.17, 15) is 4.79 Å². The fourth-order valence-corrected chi connectivity index (χ4v) is 2.13.